The predicted octanol–water partition coefficient (Wildman–Crippen LogP) is 4.03. The first-order chi connectivity index (χ1) is 6.43. The average Bonchev–Trinajstić information content (AvgIpc) is 2.07. The maximum atomic E-state index is 6.01. The molecule has 0 aromatic carbocycles. The Morgan fingerprint density at radius 1 is 0.786 bits per heavy atom. The minimum absolute atomic E-state index is 0.244. The summed E-state index contributed by atoms with van der Waals surface area (Å²) in [5.74, 6) is 0.488. The van der Waals surface area contributed by atoms with E-state index < -0.39 is 0 Å². The van der Waals surface area contributed by atoms with Crippen molar-refractivity contribution in [3.05, 3.63) is 21.7 Å². The zero-order chi connectivity index (χ0) is 10.9. The third kappa shape index (κ3) is 2.37. The van der Waals surface area contributed by atoms with Crippen LogP contribution in [-0.4, -0.2) is 9.97 Å². The molecule has 4 heteroatoms. The van der Waals surface area contributed by atoms with Gasteiger partial charge in [-0.15, -0.1) is 0 Å². The van der Waals surface area contributed by atoms with Crippen LogP contribution in [0.25, 0.3) is 0 Å². The van der Waals surface area contributed by atoms with Crippen LogP contribution in [0.15, 0.2) is 0 Å². The van der Waals surface area contributed by atoms with Crippen molar-refractivity contribution in [2.45, 2.75) is 39.5 Å². The highest BCUT2D eigenvalue weighted by molar-refractivity contribution is 6.32. The highest BCUT2D eigenvalue weighted by Gasteiger charge is 2.15. The lowest BCUT2D eigenvalue weighted by molar-refractivity contribution is 0.768. The van der Waals surface area contributed by atoms with E-state index in [-0.39, 0.29) is 11.8 Å². The highest BCUT2D eigenvalue weighted by Crippen LogP contribution is 2.27. The molecule has 2 nitrogen and oxygen atoms in total. The van der Waals surface area contributed by atoms with Crippen molar-refractivity contribution in [2.24, 2.45) is 0 Å². The molecule has 0 spiro atoms. The van der Waals surface area contributed by atoms with Gasteiger partial charge in [-0.2, -0.15) is 0 Å². The van der Waals surface area contributed by atoms with Gasteiger partial charge in [0.25, 0.3) is 0 Å². The van der Waals surface area contributed by atoms with E-state index in [2.05, 4.69) is 9.97 Å². The van der Waals surface area contributed by atoms with Crippen LogP contribution in [0.1, 0.15) is 50.9 Å². The van der Waals surface area contributed by atoms with Gasteiger partial charge in [-0.05, 0) is 11.8 Å². The maximum Gasteiger partial charge on any atom is 0.151 e. The Kier molecular flexibility index (Phi) is 3.73. The third-order valence-electron chi connectivity index (χ3n) is 1.95. The monoisotopic (exact) mass is 232 g/mol. The van der Waals surface area contributed by atoms with Crippen molar-refractivity contribution in [1.29, 1.82) is 0 Å². The van der Waals surface area contributed by atoms with Crippen LogP contribution >= 0.6 is 23.2 Å². The molecule has 14 heavy (non-hydrogen) atoms. The Balaban J connectivity index is 3.24. The summed E-state index contributed by atoms with van der Waals surface area (Å²) in [6.07, 6.45) is 0. The first kappa shape index (κ1) is 11.7. The second kappa shape index (κ2) is 4.45. The van der Waals surface area contributed by atoms with E-state index in [9.17, 15) is 0 Å². The smallest absolute Gasteiger partial charge is 0.151 e. The first-order valence-corrected chi connectivity index (χ1v) is 5.42. The zero-order valence-electron chi connectivity index (χ0n) is 8.81. The molecular formula is C10H14Cl2N2. The minimum Gasteiger partial charge on any atom is -0.236 e. The van der Waals surface area contributed by atoms with Gasteiger partial charge in [-0.3, -0.25) is 0 Å². The number of aromatic nitrogens is 2. The van der Waals surface area contributed by atoms with Crippen molar-refractivity contribution < 1.29 is 0 Å². The molecule has 0 unspecified atom stereocenters. The van der Waals surface area contributed by atoms with Gasteiger partial charge in [0.05, 0.1) is 11.4 Å². The van der Waals surface area contributed by atoms with E-state index >= 15 is 0 Å². The van der Waals surface area contributed by atoms with Crippen LogP contribution in [-0.2, 0) is 0 Å². The van der Waals surface area contributed by atoms with Crippen LogP contribution < -0.4 is 0 Å². The van der Waals surface area contributed by atoms with Crippen LogP contribution in [0.3, 0.4) is 0 Å². The Labute approximate surface area is 94.7 Å². The Morgan fingerprint density at radius 3 is 1.29 bits per heavy atom. The third-order valence-corrected chi connectivity index (χ3v) is 2.51. The first-order valence-electron chi connectivity index (χ1n) is 4.66. The van der Waals surface area contributed by atoms with Gasteiger partial charge in [0, 0.05) is 0 Å². The molecular weight excluding hydrogens is 219 g/mol. The number of hydrogen-bond donors (Lipinski definition) is 0. The standard InChI is InChI=1S/C10H14Cl2N2/c1-5(2)7-9(11)14-8(6(3)4)10(12)13-7/h5-6H,1-4H3. The lowest BCUT2D eigenvalue weighted by atomic mass is 10.1. The fraction of sp³-hybridized carbons (Fsp3) is 0.600. The topological polar surface area (TPSA) is 25.8 Å². The molecule has 1 aromatic heterocycles. The van der Waals surface area contributed by atoms with Gasteiger partial charge in [-0.25, -0.2) is 9.97 Å². The summed E-state index contributed by atoms with van der Waals surface area (Å²) in [4.78, 5) is 8.53. The fourth-order valence-corrected chi connectivity index (χ4v) is 1.86. The summed E-state index contributed by atoms with van der Waals surface area (Å²) < 4.78 is 0. The summed E-state index contributed by atoms with van der Waals surface area (Å²) in [5, 5.41) is 0.932. The summed E-state index contributed by atoms with van der Waals surface area (Å²) in [7, 11) is 0. The fourth-order valence-electron chi connectivity index (χ4n) is 1.15. The lowest BCUT2D eigenvalue weighted by Gasteiger charge is -2.11. The van der Waals surface area contributed by atoms with E-state index in [1.165, 1.54) is 0 Å². The summed E-state index contributed by atoms with van der Waals surface area (Å²) in [6, 6.07) is 0. The van der Waals surface area contributed by atoms with Crippen molar-refractivity contribution >= 4 is 23.2 Å². The number of hydrogen-bond acceptors (Lipinski definition) is 2. The van der Waals surface area contributed by atoms with Gasteiger partial charge in [0.1, 0.15) is 0 Å². The molecule has 1 rings (SSSR count). The van der Waals surface area contributed by atoms with E-state index in [1.807, 2.05) is 27.7 Å². The Hall–Kier alpha value is -0.340. The average molecular weight is 233 g/mol. The van der Waals surface area contributed by atoms with Gasteiger partial charge >= 0.3 is 0 Å². The SMILES string of the molecule is CC(C)c1nc(Cl)c(C(C)C)nc1Cl. The van der Waals surface area contributed by atoms with Crippen LogP contribution in [0.4, 0.5) is 0 Å². The van der Waals surface area contributed by atoms with Crippen LogP contribution in [0.2, 0.25) is 10.3 Å². The van der Waals surface area contributed by atoms with Crippen molar-refractivity contribution in [1.82, 2.24) is 9.97 Å². The molecule has 0 bridgehead atoms. The number of rotatable bonds is 2. The molecule has 0 fully saturated rings. The Bertz CT molecular complexity index is 301. The Morgan fingerprint density at radius 2 is 1.07 bits per heavy atom. The van der Waals surface area contributed by atoms with Gasteiger partial charge in [-0.1, -0.05) is 50.9 Å². The van der Waals surface area contributed by atoms with E-state index in [0.717, 1.165) is 11.4 Å². The lowest BCUT2D eigenvalue weighted by Crippen LogP contribution is -2.03. The molecule has 0 saturated heterocycles. The van der Waals surface area contributed by atoms with E-state index in [1.54, 1.807) is 0 Å². The molecule has 0 saturated carbocycles. The number of halogens is 2. The summed E-state index contributed by atoms with van der Waals surface area (Å²) in [5.41, 5.74) is 1.53. The zero-order valence-corrected chi connectivity index (χ0v) is 10.3. The molecule has 0 N–H and O–H groups in total. The molecule has 0 atom stereocenters. The van der Waals surface area contributed by atoms with Gasteiger partial charge in [0.2, 0.25) is 0 Å². The molecule has 78 valence electrons. The minimum atomic E-state index is 0.244. The second-order valence-electron chi connectivity index (χ2n) is 3.89. The molecule has 0 aliphatic carbocycles. The molecule has 1 heterocycles. The van der Waals surface area contributed by atoms with Crippen molar-refractivity contribution in [2.75, 3.05) is 0 Å². The highest BCUT2D eigenvalue weighted by atomic mass is 35.5. The molecule has 0 aliphatic heterocycles. The quantitative estimate of drug-likeness (QED) is 0.770. The largest absolute Gasteiger partial charge is 0.236 e. The van der Waals surface area contributed by atoms with Crippen molar-refractivity contribution in [3.8, 4) is 0 Å². The van der Waals surface area contributed by atoms with Gasteiger partial charge < -0.3 is 0 Å². The van der Waals surface area contributed by atoms with Crippen LogP contribution in [0.5, 0.6) is 0 Å². The summed E-state index contributed by atoms with van der Waals surface area (Å²) in [6.45, 7) is 8.06. The summed E-state index contributed by atoms with van der Waals surface area (Å²) >= 11 is 12.0. The number of nitrogens with zero attached hydrogens (tertiary/aromatic N) is 2. The van der Waals surface area contributed by atoms with Gasteiger partial charge in [0.15, 0.2) is 10.3 Å². The van der Waals surface area contributed by atoms with Crippen molar-refractivity contribution in [3.63, 3.8) is 0 Å². The molecule has 0 aliphatic rings. The molecule has 0 amide bonds. The molecule has 1 aromatic rings. The van der Waals surface area contributed by atoms with Crippen LogP contribution in [0, 0.1) is 0 Å². The second-order valence-corrected chi connectivity index (χ2v) is 4.60. The van der Waals surface area contributed by atoms with E-state index in [0.29, 0.717) is 10.3 Å². The maximum absolute atomic E-state index is 6.01. The predicted molar refractivity (Wildman–Crippen MR) is 60.2 cm³/mol. The molecule has 0 radical (unpaired) electrons. The van der Waals surface area contributed by atoms with E-state index in [4.69, 9.17) is 23.2 Å². The normalized spacial score (nSPS) is 11.4.